The Kier molecular flexibility index (Phi) is 4.30. The lowest BCUT2D eigenvalue weighted by Crippen LogP contribution is -1.88. The van der Waals surface area contributed by atoms with Gasteiger partial charge in [-0.3, -0.25) is 0 Å². The van der Waals surface area contributed by atoms with Gasteiger partial charge in [0, 0.05) is 11.8 Å². The molecule has 0 radical (unpaired) electrons. The van der Waals surface area contributed by atoms with Gasteiger partial charge in [0.2, 0.25) is 0 Å². The van der Waals surface area contributed by atoms with Crippen LogP contribution in [0.5, 0.6) is 5.75 Å². The van der Waals surface area contributed by atoms with Crippen LogP contribution < -0.4 is 10.5 Å². The summed E-state index contributed by atoms with van der Waals surface area (Å²) < 4.78 is 5.92. The minimum absolute atomic E-state index is 0. The predicted octanol–water partition coefficient (Wildman–Crippen LogP) is 2.46. The van der Waals surface area contributed by atoms with Gasteiger partial charge in [0.25, 0.3) is 0 Å². The fraction of sp³-hybridized carbons (Fsp3) is 0.143. The number of hydrogen-bond acceptors (Lipinski definition) is 2. The van der Waals surface area contributed by atoms with Crippen LogP contribution in [0, 0.1) is 0 Å². The molecule has 0 bridgehead atoms. The molecule has 4 heteroatoms. The SMILES string of the molecule is COc1cc(N)ccc1Br.Cl. The monoisotopic (exact) mass is 237 g/mol. The third-order valence-electron chi connectivity index (χ3n) is 1.18. The molecule has 0 saturated heterocycles. The van der Waals surface area contributed by atoms with Crippen molar-refractivity contribution in [1.29, 1.82) is 0 Å². The second kappa shape index (κ2) is 4.46. The summed E-state index contributed by atoms with van der Waals surface area (Å²) >= 11 is 3.31. The zero-order valence-corrected chi connectivity index (χ0v) is 8.41. The van der Waals surface area contributed by atoms with Crippen molar-refractivity contribution in [3.63, 3.8) is 0 Å². The van der Waals surface area contributed by atoms with E-state index in [1.54, 1.807) is 13.2 Å². The maximum absolute atomic E-state index is 5.50. The van der Waals surface area contributed by atoms with Gasteiger partial charge in [0.05, 0.1) is 11.6 Å². The van der Waals surface area contributed by atoms with E-state index in [-0.39, 0.29) is 12.4 Å². The number of nitrogen functional groups attached to an aromatic ring is 1. The lowest BCUT2D eigenvalue weighted by atomic mass is 10.3. The molecule has 0 heterocycles. The summed E-state index contributed by atoms with van der Waals surface area (Å²) in [5.74, 6) is 0.764. The Hall–Kier alpha value is -0.410. The summed E-state index contributed by atoms with van der Waals surface area (Å²) in [5.41, 5.74) is 6.21. The van der Waals surface area contributed by atoms with Crippen molar-refractivity contribution in [2.24, 2.45) is 0 Å². The van der Waals surface area contributed by atoms with Crippen molar-refractivity contribution in [3.05, 3.63) is 22.7 Å². The lowest BCUT2D eigenvalue weighted by molar-refractivity contribution is 0.412. The Morgan fingerprint density at radius 1 is 1.45 bits per heavy atom. The molecule has 2 nitrogen and oxygen atoms in total. The third kappa shape index (κ3) is 2.60. The van der Waals surface area contributed by atoms with Gasteiger partial charge < -0.3 is 10.5 Å². The molecule has 2 N–H and O–H groups in total. The highest BCUT2D eigenvalue weighted by Gasteiger charge is 1.97. The molecule has 0 saturated carbocycles. The maximum atomic E-state index is 5.50. The van der Waals surface area contributed by atoms with Gasteiger partial charge >= 0.3 is 0 Å². The van der Waals surface area contributed by atoms with E-state index in [2.05, 4.69) is 15.9 Å². The second-order valence-corrected chi connectivity index (χ2v) is 2.75. The van der Waals surface area contributed by atoms with Gasteiger partial charge in [-0.15, -0.1) is 12.4 Å². The van der Waals surface area contributed by atoms with Crippen molar-refractivity contribution in [1.82, 2.24) is 0 Å². The molecule has 0 unspecified atom stereocenters. The van der Waals surface area contributed by atoms with E-state index in [4.69, 9.17) is 10.5 Å². The fourth-order valence-electron chi connectivity index (χ4n) is 0.676. The van der Waals surface area contributed by atoms with Gasteiger partial charge in [0.1, 0.15) is 5.75 Å². The molecule has 0 amide bonds. The molecule has 0 spiro atoms. The maximum Gasteiger partial charge on any atom is 0.135 e. The van der Waals surface area contributed by atoms with E-state index in [1.165, 1.54) is 0 Å². The molecule has 1 rings (SSSR count). The molecule has 0 fully saturated rings. The smallest absolute Gasteiger partial charge is 0.135 e. The third-order valence-corrected chi connectivity index (χ3v) is 1.83. The summed E-state index contributed by atoms with van der Waals surface area (Å²) in [5, 5.41) is 0. The Bertz CT molecular complexity index is 242. The zero-order chi connectivity index (χ0) is 7.56. The largest absolute Gasteiger partial charge is 0.495 e. The van der Waals surface area contributed by atoms with Crippen molar-refractivity contribution in [2.75, 3.05) is 12.8 Å². The van der Waals surface area contributed by atoms with Gasteiger partial charge in [-0.25, -0.2) is 0 Å². The molecule has 11 heavy (non-hydrogen) atoms. The van der Waals surface area contributed by atoms with Gasteiger partial charge in [-0.05, 0) is 28.1 Å². The molecule has 62 valence electrons. The van der Waals surface area contributed by atoms with E-state index < -0.39 is 0 Å². The van der Waals surface area contributed by atoms with Crippen molar-refractivity contribution >= 4 is 34.0 Å². The minimum atomic E-state index is 0. The van der Waals surface area contributed by atoms with Crippen molar-refractivity contribution in [2.45, 2.75) is 0 Å². The van der Waals surface area contributed by atoms with Crippen LogP contribution in [0.25, 0.3) is 0 Å². The van der Waals surface area contributed by atoms with Crippen molar-refractivity contribution in [3.8, 4) is 5.75 Å². The average Bonchev–Trinajstić information content (AvgIpc) is 1.94. The number of anilines is 1. The lowest BCUT2D eigenvalue weighted by Gasteiger charge is -2.02. The van der Waals surface area contributed by atoms with Gasteiger partial charge in [-0.2, -0.15) is 0 Å². The normalized spacial score (nSPS) is 8.55. The van der Waals surface area contributed by atoms with Crippen LogP contribution in [0.4, 0.5) is 5.69 Å². The van der Waals surface area contributed by atoms with Crippen molar-refractivity contribution < 1.29 is 4.74 Å². The van der Waals surface area contributed by atoms with Crippen LogP contribution in [0.3, 0.4) is 0 Å². The number of methoxy groups -OCH3 is 1. The topological polar surface area (TPSA) is 35.2 Å². The first-order valence-electron chi connectivity index (χ1n) is 2.83. The van der Waals surface area contributed by atoms with Crippen LogP contribution in [-0.4, -0.2) is 7.11 Å². The fourth-order valence-corrected chi connectivity index (χ4v) is 1.08. The first kappa shape index (κ1) is 10.6. The van der Waals surface area contributed by atoms with Gasteiger partial charge in [0.15, 0.2) is 0 Å². The number of rotatable bonds is 1. The Morgan fingerprint density at radius 3 is 2.55 bits per heavy atom. The van der Waals surface area contributed by atoms with Crippen LogP contribution in [-0.2, 0) is 0 Å². The molecule has 1 aromatic carbocycles. The van der Waals surface area contributed by atoms with E-state index in [9.17, 15) is 0 Å². The molecule has 0 aliphatic heterocycles. The molecule has 0 aromatic heterocycles. The number of ether oxygens (including phenoxy) is 1. The summed E-state index contributed by atoms with van der Waals surface area (Å²) in [6.07, 6.45) is 0. The van der Waals surface area contributed by atoms with Crippen LogP contribution >= 0.6 is 28.3 Å². The molecular weight excluding hydrogens is 229 g/mol. The number of benzene rings is 1. The molecule has 0 aliphatic rings. The van der Waals surface area contributed by atoms with Crippen LogP contribution in [0.2, 0.25) is 0 Å². The van der Waals surface area contributed by atoms with Gasteiger partial charge in [-0.1, -0.05) is 0 Å². The van der Waals surface area contributed by atoms with E-state index in [1.807, 2.05) is 12.1 Å². The average molecular weight is 239 g/mol. The first-order valence-corrected chi connectivity index (χ1v) is 3.62. The zero-order valence-electron chi connectivity index (χ0n) is 6.00. The highest BCUT2D eigenvalue weighted by Crippen LogP contribution is 2.26. The summed E-state index contributed by atoms with van der Waals surface area (Å²) in [6, 6.07) is 5.44. The Balaban J connectivity index is 0.000001000. The Morgan fingerprint density at radius 2 is 2.09 bits per heavy atom. The number of hydrogen-bond donors (Lipinski definition) is 1. The highest BCUT2D eigenvalue weighted by molar-refractivity contribution is 9.10. The van der Waals surface area contributed by atoms with E-state index in [0.717, 1.165) is 10.2 Å². The molecule has 0 aliphatic carbocycles. The predicted molar refractivity (Wildman–Crippen MR) is 52.4 cm³/mol. The number of halogens is 2. The molecule has 0 atom stereocenters. The minimum Gasteiger partial charge on any atom is -0.495 e. The summed E-state index contributed by atoms with van der Waals surface area (Å²) in [4.78, 5) is 0. The second-order valence-electron chi connectivity index (χ2n) is 1.89. The molecule has 1 aromatic rings. The highest BCUT2D eigenvalue weighted by atomic mass is 79.9. The van der Waals surface area contributed by atoms with E-state index in [0.29, 0.717) is 5.69 Å². The van der Waals surface area contributed by atoms with E-state index >= 15 is 0 Å². The quantitative estimate of drug-likeness (QED) is 0.763. The van der Waals surface area contributed by atoms with Crippen LogP contribution in [0.1, 0.15) is 0 Å². The Labute approximate surface area is 80.3 Å². The number of nitrogens with two attached hydrogens (primary N) is 1. The first-order chi connectivity index (χ1) is 4.74. The summed E-state index contributed by atoms with van der Waals surface area (Å²) in [6.45, 7) is 0. The molecular formula is C7H9BrClNO. The van der Waals surface area contributed by atoms with Crippen LogP contribution in [0.15, 0.2) is 22.7 Å². The summed E-state index contributed by atoms with van der Waals surface area (Å²) in [7, 11) is 1.61. The standard InChI is InChI=1S/C7H8BrNO.ClH/c1-10-7-4-5(9)2-3-6(7)8;/h2-4H,9H2,1H3;1H.